The second-order valence-corrected chi connectivity index (χ2v) is 6.59. The Balaban J connectivity index is 1.94. The molecule has 2 rings (SSSR count). The molecule has 22 heavy (non-hydrogen) atoms. The Morgan fingerprint density at radius 1 is 1.36 bits per heavy atom. The topological polar surface area (TPSA) is 63.4 Å². The van der Waals surface area contributed by atoms with Crippen LogP contribution in [0.3, 0.4) is 0 Å². The summed E-state index contributed by atoms with van der Waals surface area (Å²) in [6, 6.07) is 3.66. The fraction of sp³-hybridized carbons (Fsp3) is 0.438. The van der Waals surface area contributed by atoms with E-state index in [0.717, 1.165) is 11.3 Å². The van der Waals surface area contributed by atoms with E-state index in [1.54, 1.807) is 18.0 Å². The number of rotatable bonds is 6. The van der Waals surface area contributed by atoms with Gasteiger partial charge in [0.2, 0.25) is 5.91 Å². The van der Waals surface area contributed by atoms with E-state index < -0.39 is 0 Å². The molecule has 0 aliphatic heterocycles. The summed E-state index contributed by atoms with van der Waals surface area (Å²) >= 11 is 1.37. The number of ketones is 1. The van der Waals surface area contributed by atoms with Crippen molar-refractivity contribution in [3.05, 3.63) is 39.4 Å². The van der Waals surface area contributed by atoms with Crippen LogP contribution in [-0.4, -0.2) is 28.8 Å². The van der Waals surface area contributed by atoms with Crippen LogP contribution in [0.4, 0.5) is 0 Å². The molecule has 118 valence electrons. The molecule has 0 aromatic carbocycles. The number of Topliss-reactive ketones (excluding diaryl/α,β-unsaturated/α-hetero) is 1. The second kappa shape index (κ2) is 6.87. The number of carbonyl (C=O) groups excluding carboxylic acids is 2. The van der Waals surface area contributed by atoms with E-state index in [0.29, 0.717) is 23.1 Å². The minimum Gasteiger partial charge on any atom is -0.359 e. The zero-order chi connectivity index (χ0) is 16.3. The summed E-state index contributed by atoms with van der Waals surface area (Å²) in [6.45, 7) is 6.00. The van der Waals surface area contributed by atoms with Gasteiger partial charge in [0.15, 0.2) is 11.5 Å². The predicted octanol–water partition coefficient (Wildman–Crippen LogP) is 3.26. The van der Waals surface area contributed by atoms with Gasteiger partial charge >= 0.3 is 0 Å². The number of carbonyl (C=O) groups is 2. The molecule has 0 unspecified atom stereocenters. The number of hydrogen-bond acceptors (Lipinski definition) is 5. The maximum atomic E-state index is 12.2. The Kier molecular flexibility index (Phi) is 5.13. The Morgan fingerprint density at radius 2 is 2.09 bits per heavy atom. The fourth-order valence-corrected chi connectivity index (χ4v) is 2.78. The molecule has 2 aromatic heterocycles. The van der Waals surface area contributed by atoms with E-state index in [2.05, 4.69) is 5.16 Å². The van der Waals surface area contributed by atoms with Gasteiger partial charge in [-0.15, -0.1) is 11.3 Å². The van der Waals surface area contributed by atoms with Gasteiger partial charge in [-0.2, -0.15) is 0 Å². The van der Waals surface area contributed by atoms with Crippen LogP contribution < -0.4 is 0 Å². The second-order valence-electron chi connectivity index (χ2n) is 5.67. The average molecular weight is 320 g/mol. The van der Waals surface area contributed by atoms with Crippen LogP contribution in [0.5, 0.6) is 0 Å². The smallest absolute Gasteiger partial charge is 0.227 e. The highest BCUT2D eigenvalue weighted by Gasteiger charge is 2.15. The summed E-state index contributed by atoms with van der Waals surface area (Å²) in [7, 11) is 1.73. The molecule has 0 saturated heterocycles. The SMILES string of the molecule is CC(=O)c1cc(CC(=O)N(C)Cc2cc(C(C)C)no2)cs1. The molecule has 2 heterocycles. The molecular formula is C16H20N2O3S. The largest absolute Gasteiger partial charge is 0.359 e. The first-order chi connectivity index (χ1) is 10.4. The van der Waals surface area contributed by atoms with Gasteiger partial charge in [-0.3, -0.25) is 9.59 Å². The van der Waals surface area contributed by atoms with Gasteiger partial charge in [0.25, 0.3) is 0 Å². The first kappa shape index (κ1) is 16.4. The average Bonchev–Trinajstić information content (AvgIpc) is 3.07. The molecule has 2 aromatic rings. The molecule has 0 radical (unpaired) electrons. The number of amides is 1. The van der Waals surface area contributed by atoms with Gasteiger partial charge in [-0.05, 0) is 29.9 Å². The molecule has 0 N–H and O–H groups in total. The van der Waals surface area contributed by atoms with Crippen molar-refractivity contribution in [1.82, 2.24) is 10.1 Å². The Labute approximate surface area is 133 Å². The fourth-order valence-electron chi connectivity index (χ4n) is 1.96. The zero-order valence-corrected chi connectivity index (χ0v) is 14.1. The standard InChI is InChI=1S/C16H20N2O3S/c1-10(2)14-7-13(21-17-14)8-18(4)16(20)6-12-5-15(11(3)19)22-9-12/h5,7,9-10H,6,8H2,1-4H3. The quantitative estimate of drug-likeness (QED) is 0.766. The molecular weight excluding hydrogens is 300 g/mol. The monoisotopic (exact) mass is 320 g/mol. The summed E-state index contributed by atoms with van der Waals surface area (Å²) in [5, 5.41) is 5.84. The number of thiophene rings is 1. The molecule has 0 aliphatic rings. The number of aromatic nitrogens is 1. The van der Waals surface area contributed by atoms with Crippen molar-refractivity contribution in [2.75, 3.05) is 7.05 Å². The predicted molar refractivity (Wildman–Crippen MR) is 85.1 cm³/mol. The van der Waals surface area contributed by atoms with E-state index in [1.807, 2.05) is 25.3 Å². The van der Waals surface area contributed by atoms with E-state index in [-0.39, 0.29) is 18.1 Å². The normalized spacial score (nSPS) is 11.0. The Morgan fingerprint density at radius 3 is 2.64 bits per heavy atom. The van der Waals surface area contributed by atoms with Gasteiger partial charge in [0.1, 0.15) is 0 Å². The maximum absolute atomic E-state index is 12.2. The highest BCUT2D eigenvalue weighted by Crippen LogP contribution is 2.18. The maximum Gasteiger partial charge on any atom is 0.227 e. The summed E-state index contributed by atoms with van der Waals surface area (Å²) in [6.07, 6.45) is 0.283. The van der Waals surface area contributed by atoms with Gasteiger partial charge in [-0.25, -0.2) is 0 Å². The van der Waals surface area contributed by atoms with Crippen molar-refractivity contribution in [2.45, 2.75) is 39.7 Å². The van der Waals surface area contributed by atoms with Gasteiger partial charge in [0.05, 0.1) is 23.5 Å². The molecule has 0 bridgehead atoms. The van der Waals surface area contributed by atoms with Crippen LogP contribution >= 0.6 is 11.3 Å². The van der Waals surface area contributed by atoms with E-state index in [1.165, 1.54) is 18.3 Å². The first-order valence-electron chi connectivity index (χ1n) is 7.14. The molecule has 0 saturated carbocycles. The van der Waals surface area contributed by atoms with Crippen molar-refractivity contribution in [1.29, 1.82) is 0 Å². The van der Waals surface area contributed by atoms with Crippen molar-refractivity contribution in [3.63, 3.8) is 0 Å². The van der Waals surface area contributed by atoms with Crippen molar-refractivity contribution in [2.24, 2.45) is 0 Å². The lowest BCUT2D eigenvalue weighted by atomic mass is 10.1. The molecule has 0 aliphatic carbocycles. The number of hydrogen-bond donors (Lipinski definition) is 0. The molecule has 0 spiro atoms. The minimum absolute atomic E-state index is 0.0181. The van der Waals surface area contributed by atoms with Crippen molar-refractivity contribution < 1.29 is 14.1 Å². The summed E-state index contributed by atoms with van der Waals surface area (Å²) in [5.41, 5.74) is 1.76. The lowest BCUT2D eigenvalue weighted by molar-refractivity contribution is -0.129. The van der Waals surface area contributed by atoms with E-state index in [4.69, 9.17) is 4.52 Å². The number of nitrogens with zero attached hydrogens (tertiary/aromatic N) is 2. The van der Waals surface area contributed by atoms with Gasteiger partial charge in [-0.1, -0.05) is 19.0 Å². The Bertz CT molecular complexity index is 672. The van der Waals surface area contributed by atoms with Gasteiger partial charge < -0.3 is 9.42 Å². The van der Waals surface area contributed by atoms with Crippen LogP contribution in [0, 0.1) is 0 Å². The Hall–Kier alpha value is -1.95. The summed E-state index contributed by atoms with van der Waals surface area (Å²) < 4.78 is 5.25. The van der Waals surface area contributed by atoms with Crippen LogP contribution in [0.1, 0.15) is 53.4 Å². The lowest BCUT2D eigenvalue weighted by Crippen LogP contribution is -2.27. The molecule has 1 amide bonds. The van der Waals surface area contributed by atoms with Crippen LogP contribution in [0.25, 0.3) is 0 Å². The third kappa shape index (κ3) is 4.04. The molecule has 0 fully saturated rings. The first-order valence-corrected chi connectivity index (χ1v) is 8.02. The van der Waals surface area contributed by atoms with E-state index in [9.17, 15) is 9.59 Å². The zero-order valence-electron chi connectivity index (χ0n) is 13.3. The highest BCUT2D eigenvalue weighted by atomic mass is 32.1. The van der Waals surface area contributed by atoms with Gasteiger partial charge in [0, 0.05) is 13.1 Å². The number of likely N-dealkylation sites (N-methyl/N-ethyl adjacent to an activating group) is 1. The lowest BCUT2D eigenvalue weighted by Gasteiger charge is -2.14. The van der Waals surface area contributed by atoms with Crippen LogP contribution in [0.15, 0.2) is 22.0 Å². The summed E-state index contributed by atoms with van der Waals surface area (Å²) in [5.74, 6) is 0.985. The van der Waals surface area contributed by atoms with Crippen LogP contribution in [0.2, 0.25) is 0 Å². The van der Waals surface area contributed by atoms with Crippen molar-refractivity contribution >= 4 is 23.0 Å². The van der Waals surface area contributed by atoms with Crippen molar-refractivity contribution in [3.8, 4) is 0 Å². The van der Waals surface area contributed by atoms with Crippen LogP contribution in [-0.2, 0) is 17.8 Å². The summed E-state index contributed by atoms with van der Waals surface area (Å²) in [4.78, 5) is 25.8. The highest BCUT2D eigenvalue weighted by molar-refractivity contribution is 7.12. The minimum atomic E-state index is -0.0181. The van der Waals surface area contributed by atoms with E-state index >= 15 is 0 Å². The molecule has 0 atom stereocenters. The third-order valence-corrected chi connectivity index (χ3v) is 4.42. The molecule has 6 heteroatoms. The third-order valence-electron chi connectivity index (χ3n) is 3.34. The molecule has 5 nitrogen and oxygen atoms in total.